The maximum absolute atomic E-state index is 13.1. The highest BCUT2D eigenvalue weighted by molar-refractivity contribution is 7.89. The van der Waals surface area contributed by atoms with E-state index in [1.54, 1.807) is 17.7 Å². The smallest absolute Gasteiger partial charge is 0.285 e. The summed E-state index contributed by atoms with van der Waals surface area (Å²) in [6.07, 6.45) is 1.93. The Morgan fingerprint density at radius 3 is 2.53 bits per heavy atom. The second-order valence-electron chi connectivity index (χ2n) is 8.47. The van der Waals surface area contributed by atoms with Crippen LogP contribution in [0.1, 0.15) is 41.0 Å². The molecule has 1 saturated heterocycles. The van der Waals surface area contributed by atoms with Crippen LogP contribution < -0.4 is 20.5 Å². The molecule has 1 aliphatic heterocycles. The van der Waals surface area contributed by atoms with Crippen LogP contribution in [0.3, 0.4) is 0 Å². The predicted molar refractivity (Wildman–Crippen MR) is 132 cm³/mol. The minimum Gasteiger partial charge on any atom is -0.377 e. The third-order valence-electron chi connectivity index (χ3n) is 5.66. The highest BCUT2D eigenvalue weighted by Crippen LogP contribution is 2.29. The maximum Gasteiger partial charge on any atom is 0.285 e. The van der Waals surface area contributed by atoms with Gasteiger partial charge in [0, 0.05) is 25.7 Å². The zero-order chi connectivity index (χ0) is 24.8. The number of nitrogens with one attached hydrogen (secondary N) is 2. The first-order valence-electron chi connectivity index (χ1n) is 10.7. The van der Waals surface area contributed by atoms with Crippen LogP contribution in [-0.4, -0.2) is 48.2 Å². The number of pyridine rings is 1. The third kappa shape index (κ3) is 4.71. The molecule has 1 atom stereocenters. The second-order valence-corrected chi connectivity index (χ2v) is 10.6. The molecule has 2 aromatic heterocycles. The fourth-order valence-corrected chi connectivity index (χ4v) is 4.50. The van der Waals surface area contributed by atoms with Crippen LogP contribution in [0.5, 0.6) is 0 Å². The fraction of sp³-hybridized carbons (Fsp3) is 0.364. The Hall–Kier alpha value is -3.18. The van der Waals surface area contributed by atoms with Gasteiger partial charge in [0.15, 0.2) is 5.69 Å². The third-order valence-corrected chi connectivity index (χ3v) is 6.43. The van der Waals surface area contributed by atoms with Crippen molar-refractivity contribution < 1.29 is 13.2 Å². The van der Waals surface area contributed by atoms with Gasteiger partial charge in [-0.3, -0.25) is 14.2 Å². The number of amides is 1. The van der Waals surface area contributed by atoms with Gasteiger partial charge >= 0.3 is 0 Å². The summed E-state index contributed by atoms with van der Waals surface area (Å²) in [4.78, 5) is 36.6. The van der Waals surface area contributed by atoms with Gasteiger partial charge in [-0.2, -0.15) is 0 Å². The lowest BCUT2D eigenvalue weighted by Crippen LogP contribution is -2.41. The predicted octanol–water partition coefficient (Wildman–Crippen LogP) is 2.36. The van der Waals surface area contributed by atoms with Crippen LogP contribution in [0.25, 0.3) is 10.9 Å². The molecular formula is C22H25ClN6O4S. The molecule has 12 heteroatoms. The summed E-state index contributed by atoms with van der Waals surface area (Å²) in [5, 5.41) is 3.75. The summed E-state index contributed by atoms with van der Waals surface area (Å²) in [5.41, 5.74) is 2.21. The minimum absolute atomic E-state index is 0.0437. The maximum atomic E-state index is 13.1. The molecule has 3 aromatic rings. The van der Waals surface area contributed by atoms with Crippen molar-refractivity contribution in [3.8, 4) is 0 Å². The van der Waals surface area contributed by atoms with Gasteiger partial charge in [0.1, 0.15) is 5.15 Å². The molecule has 2 N–H and O–H groups in total. The first-order valence-corrected chi connectivity index (χ1v) is 12.9. The van der Waals surface area contributed by atoms with Crippen molar-refractivity contribution in [2.45, 2.75) is 26.3 Å². The number of hydrogen-bond acceptors (Lipinski definition) is 8. The number of nitrogens with zero attached hydrogens (tertiary/aromatic N) is 4. The van der Waals surface area contributed by atoms with Gasteiger partial charge in [-0.15, -0.1) is 0 Å². The van der Waals surface area contributed by atoms with Gasteiger partial charge in [0.25, 0.3) is 11.5 Å². The quantitative estimate of drug-likeness (QED) is 0.490. The van der Waals surface area contributed by atoms with Crippen molar-refractivity contribution in [3.63, 3.8) is 0 Å². The number of rotatable bonds is 6. The largest absolute Gasteiger partial charge is 0.377 e. The number of aryl methyl sites for hydroxylation is 1. The minimum atomic E-state index is -3.80. The summed E-state index contributed by atoms with van der Waals surface area (Å²) in [6, 6.07) is 6.40. The number of carbonyl (C=O) groups excluding carboxylic acids is 1. The van der Waals surface area contributed by atoms with Crippen LogP contribution in [0.2, 0.25) is 5.15 Å². The standard InChI is InChI=1S/C22H25ClN6O4S/c1-12-10-14(18-15(11-12)21(31)28(3)22(26-18)29-8-5-9-29)13(2)24-16-6-7-17(23)25-19(16)20(30)27-34(4,32)33/h6-7,10-11,13,24H,5,8-9H2,1-4H3,(H,27,30)/t13-/m1/s1. The molecule has 10 nitrogen and oxygen atoms in total. The van der Waals surface area contributed by atoms with Crippen molar-refractivity contribution in [2.24, 2.45) is 7.05 Å². The molecule has 1 aliphatic rings. The zero-order valence-corrected chi connectivity index (χ0v) is 20.8. The van der Waals surface area contributed by atoms with E-state index in [1.807, 2.05) is 30.7 Å². The van der Waals surface area contributed by atoms with Gasteiger partial charge in [0.2, 0.25) is 16.0 Å². The number of benzene rings is 1. The first-order chi connectivity index (χ1) is 15.9. The van der Waals surface area contributed by atoms with Gasteiger partial charge in [-0.05, 0) is 44.0 Å². The molecule has 0 aliphatic carbocycles. The Bertz CT molecular complexity index is 1470. The Morgan fingerprint density at radius 2 is 1.91 bits per heavy atom. The van der Waals surface area contributed by atoms with Crippen LogP contribution in [0, 0.1) is 6.92 Å². The zero-order valence-electron chi connectivity index (χ0n) is 19.2. The van der Waals surface area contributed by atoms with E-state index in [9.17, 15) is 18.0 Å². The molecule has 0 radical (unpaired) electrons. The molecule has 1 fully saturated rings. The van der Waals surface area contributed by atoms with Crippen molar-refractivity contribution in [1.82, 2.24) is 19.3 Å². The summed E-state index contributed by atoms with van der Waals surface area (Å²) in [5.74, 6) is -0.289. The molecular weight excluding hydrogens is 480 g/mol. The SMILES string of the molecule is Cc1cc([C@@H](C)Nc2ccc(Cl)nc2C(=O)NS(C)(=O)=O)c2nc(N3CCC3)n(C)c(=O)c2c1. The van der Waals surface area contributed by atoms with Crippen molar-refractivity contribution >= 4 is 50.1 Å². The average molecular weight is 505 g/mol. The summed E-state index contributed by atoms with van der Waals surface area (Å²) in [6.45, 7) is 5.45. The van der Waals surface area contributed by atoms with Gasteiger partial charge in [-0.25, -0.2) is 23.1 Å². The van der Waals surface area contributed by atoms with Crippen molar-refractivity contribution in [2.75, 3.05) is 29.6 Å². The van der Waals surface area contributed by atoms with E-state index in [0.29, 0.717) is 22.5 Å². The number of halogens is 1. The number of fused-ring (bicyclic) bond motifs is 1. The Kier molecular flexibility index (Phi) is 6.26. The van der Waals surface area contributed by atoms with Gasteiger partial charge in [-0.1, -0.05) is 17.7 Å². The summed E-state index contributed by atoms with van der Waals surface area (Å²) in [7, 11) is -2.08. The molecule has 1 aromatic carbocycles. The molecule has 4 rings (SSSR count). The van der Waals surface area contributed by atoms with Crippen LogP contribution in [0.4, 0.5) is 11.6 Å². The molecule has 1 amide bonds. The van der Waals surface area contributed by atoms with E-state index < -0.39 is 22.0 Å². The highest BCUT2D eigenvalue weighted by Gasteiger charge is 2.24. The molecule has 34 heavy (non-hydrogen) atoms. The monoisotopic (exact) mass is 504 g/mol. The number of carbonyl (C=O) groups is 1. The average Bonchev–Trinajstić information content (AvgIpc) is 2.70. The molecule has 0 unspecified atom stereocenters. The van der Waals surface area contributed by atoms with Gasteiger partial charge in [0.05, 0.1) is 28.9 Å². The summed E-state index contributed by atoms with van der Waals surface area (Å²) < 4.78 is 26.6. The van der Waals surface area contributed by atoms with Crippen molar-refractivity contribution in [3.05, 3.63) is 56.6 Å². The van der Waals surface area contributed by atoms with Crippen molar-refractivity contribution in [1.29, 1.82) is 0 Å². The van der Waals surface area contributed by atoms with Crippen LogP contribution in [0.15, 0.2) is 29.1 Å². The van der Waals surface area contributed by atoms with E-state index in [4.69, 9.17) is 16.6 Å². The highest BCUT2D eigenvalue weighted by atomic mass is 35.5. The summed E-state index contributed by atoms with van der Waals surface area (Å²) >= 11 is 5.96. The first kappa shape index (κ1) is 24.0. The lowest BCUT2D eigenvalue weighted by atomic mass is 10.0. The topological polar surface area (TPSA) is 126 Å². The van der Waals surface area contributed by atoms with E-state index in [-0.39, 0.29) is 16.4 Å². The molecule has 0 bridgehead atoms. The number of aromatic nitrogens is 3. The molecule has 0 spiro atoms. The Morgan fingerprint density at radius 1 is 1.21 bits per heavy atom. The molecule has 180 valence electrons. The van der Waals surface area contributed by atoms with Crippen LogP contribution >= 0.6 is 11.6 Å². The van der Waals surface area contributed by atoms with Gasteiger partial charge < -0.3 is 10.2 Å². The van der Waals surface area contributed by atoms with E-state index in [1.165, 1.54) is 6.07 Å². The number of hydrogen-bond donors (Lipinski definition) is 2. The molecule has 3 heterocycles. The number of anilines is 2. The fourth-order valence-electron chi connectivity index (χ4n) is 3.92. The second kappa shape index (κ2) is 8.88. The molecule has 0 saturated carbocycles. The van der Waals surface area contributed by atoms with E-state index in [2.05, 4.69) is 15.2 Å². The Balaban J connectivity index is 1.79. The number of sulfonamides is 1. The Labute approximate surface area is 202 Å². The lowest BCUT2D eigenvalue weighted by molar-refractivity contribution is 0.0977. The normalized spacial score (nSPS) is 14.6. The van der Waals surface area contributed by atoms with E-state index >= 15 is 0 Å². The lowest BCUT2D eigenvalue weighted by Gasteiger charge is -2.33. The van der Waals surface area contributed by atoms with E-state index in [0.717, 1.165) is 36.9 Å². The van der Waals surface area contributed by atoms with Crippen LogP contribution in [-0.2, 0) is 17.1 Å².